The van der Waals surface area contributed by atoms with E-state index in [2.05, 4.69) is 10.3 Å². The van der Waals surface area contributed by atoms with E-state index in [1.54, 1.807) is 13.2 Å². The quantitative estimate of drug-likeness (QED) is 0.361. The average molecular weight is 367 g/mol. The van der Waals surface area contributed by atoms with Gasteiger partial charge in [-0.1, -0.05) is 23.1 Å². The number of nitro groups is 1. The second kappa shape index (κ2) is 7.88. The zero-order valence-electron chi connectivity index (χ0n) is 12.8. The number of nitro benzene ring substituents is 1. The summed E-state index contributed by atoms with van der Waals surface area (Å²) in [5.74, 6) is -1.11. The van der Waals surface area contributed by atoms with Crippen molar-refractivity contribution in [1.29, 1.82) is 0 Å². The van der Waals surface area contributed by atoms with Gasteiger partial charge in [-0.3, -0.25) is 14.9 Å². The van der Waals surface area contributed by atoms with Crippen molar-refractivity contribution in [2.24, 2.45) is 0 Å². The summed E-state index contributed by atoms with van der Waals surface area (Å²) in [5.41, 5.74) is 0.164. The summed E-state index contributed by atoms with van der Waals surface area (Å²) in [6.07, 6.45) is 1.80. The largest absolute Gasteiger partial charge is 0.461 e. The lowest BCUT2D eigenvalue weighted by atomic mass is 10.2. The minimum atomic E-state index is -0.618. The fourth-order valence-corrected chi connectivity index (χ4v) is 3.17. The molecule has 2 aromatic rings. The Hall–Kier alpha value is -2.46. The van der Waals surface area contributed by atoms with Crippen molar-refractivity contribution in [1.82, 2.24) is 4.98 Å². The fourth-order valence-electron chi connectivity index (χ4n) is 1.72. The van der Waals surface area contributed by atoms with Crippen molar-refractivity contribution < 1.29 is 19.2 Å². The second-order valence-electron chi connectivity index (χ2n) is 4.34. The zero-order chi connectivity index (χ0) is 17.7. The third-order valence-corrected chi connectivity index (χ3v) is 4.77. The first kappa shape index (κ1) is 17.9. The van der Waals surface area contributed by atoms with Gasteiger partial charge in [-0.15, -0.1) is 0 Å². The molecular formula is C14H13N3O5S2. The second-order valence-corrected chi connectivity index (χ2v) is 6.39. The minimum absolute atomic E-state index is 0.0430. The molecule has 0 unspecified atom stereocenters. The molecule has 2 rings (SSSR count). The van der Waals surface area contributed by atoms with E-state index >= 15 is 0 Å². The standard InChI is InChI=1S/C14H13N3O5S2/c1-3-22-13(19)10-12(24-14(15-10)23-2)16-11(18)8-4-6-9(7-5-8)17(20)21/h4-7H,3H2,1-2H3,(H,16,18). The van der Waals surface area contributed by atoms with Gasteiger partial charge in [0.1, 0.15) is 5.00 Å². The van der Waals surface area contributed by atoms with Gasteiger partial charge in [0.25, 0.3) is 11.6 Å². The minimum Gasteiger partial charge on any atom is -0.461 e. The number of amides is 1. The summed E-state index contributed by atoms with van der Waals surface area (Å²) in [7, 11) is 0. The SMILES string of the molecule is CCOC(=O)c1nc(SC)sc1NC(=O)c1ccc([N+](=O)[O-])cc1. The van der Waals surface area contributed by atoms with E-state index in [1.165, 1.54) is 36.0 Å². The maximum Gasteiger partial charge on any atom is 0.360 e. The summed E-state index contributed by atoms with van der Waals surface area (Å²) in [5, 5.41) is 13.5. The number of aromatic nitrogens is 1. The van der Waals surface area contributed by atoms with Crippen LogP contribution in [0.1, 0.15) is 27.8 Å². The van der Waals surface area contributed by atoms with Gasteiger partial charge in [-0.2, -0.15) is 0 Å². The van der Waals surface area contributed by atoms with Crippen LogP contribution in [0.15, 0.2) is 28.6 Å². The molecule has 0 bridgehead atoms. The van der Waals surface area contributed by atoms with Crippen LogP contribution in [-0.2, 0) is 4.74 Å². The molecule has 0 atom stereocenters. The molecule has 0 aliphatic heterocycles. The summed E-state index contributed by atoms with van der Waals surface area (Å²) < 4.78 is 5.53. The lowest BCUT2D eigenvalue weighted by Crippen LogP contribution is -2.14. The highest BCUT2D eigenvalue weighted by Crippen LogP contribution is 2.31. The number of ether oxygens (including phenoxy) is 1. The van der Waals surface area contributed by atoms with Crippen LogP contribution in [0.25, 0.3) is 0 Å². The van der Waals surface area contributed by atoms with E-state index in [0.29, 0.717) is 4.34 Å². The number of carbonyl (C=O) groups is 2. The smallest absolute Gasteiger partial charge is 0.360 e. The summed E-state index contributed by atoms with van der Waals surface area (Å²) in [6.45, 7) is 1.87. The number of nitrogens with zero attached hydrogens (tertiary/aromatic N) is 2. The first-order valence-corrected chi connectivity index (χ1v) is 8.78. The van der Waals surface area contributed by atoms with Crippen molar-refractivity contribution in [2.45, 2.75) is 11.3 Å². The maximum absolute atomic E-state index is 12.3. The van der Waals surface area contributed by atoms with E-state index in [-0.39, 0.29) is 28.6 Å². The van der Waals surface area contributed by atoms with E-state index in [9.17, 15) is 19.7 Å². The molecule has 10 heteroatoms. The van der Waals surface area contributed by atoms with Crippen molar-refractivity contribution in [3.05, 3.63) is 45.6 Å². The van der Waals surface area contributed by atoms with Crippen LogP contribution in [-0.4, -0.2) is 34.6 Å². The molecule has 0 saturated heterocycles. The number of hydrogen-bond acceptors (Lipinski definition) is 8. The molecule has 0 spiro atoms. The first-order valence-electron chi connectivity index (χ1n) is 6.74. The third-order valence-electron chi connectivity index (χ3n) is 2.82. The number of rotatable bonds is 6. The van der Waals surface area contributed by atoms with E-state index in [4.69, 9.17) is 4.74 Å². The van der Waals surface area contributed by atoms with Crippen molar-refractivity contribution in [3.63, 3.8) is 0 Å². The molecule has 0 fully saturated rings. The van der Waals surface area contributed by atoms with E-state index < -0.39 is 16.8 Å². The summed E-state index contributed by atoms with van der Waals surface area (Å²) >= 11 is 2.50. The molecule has 0 radical (unpaired) electrons. The number of thioether (sulfide) groups is 1. The molecule has 1 heterocycles. The van der Waals surface area contributed by atoms with Crippen molar-refractivity contribution >= 4 is 45.7 Å². The molecule has 126 valence electrons. The van der Waals surface area contributed by atoms with Gasteiger partial charge < -0.3 is 10.1 Å². The molecule has 1 aromatic heterocycles. The van der Waals surface area contributed by atoms with Crippen LogP contribution in [0.2, 0.25) is 0 Å². The van der Waals surface area contributed by atoms with Crippen molar-refractivity contribution in [3.8, 4) is 0 Å². The number of nitrogens with one attached hydrogen (secondary N) is 1. The van der Waals surface area contributed by atoms with Gasteiger partial charge in [-0.25, -0.2) is 9.78 Å². The summed E-state index contributed by atoms with van der Waals surface area (Å²) in [6, 6.07) is 5.16. The van der Waals surface area contributed by atoms with E-state index in [1.807, 2.05) is 0 Å². The van der Waals surface area contributed by atoms with Gasteiger partial charge in [0, 0.05) is 17.7 Å². The lowest BCUT2D eigenvalue weighted by molar-refractivity contribution is -0.384. The molecule has 0 aliphatic carbocycles. The number of anilines is 1. The predicted molar refractivity (Wildman–Crippen MR) is 90.9 cm³/mol. The lowest BCUT2D eigenvalue weighted by Gasteiger charge is -2.05. The highest BCUT2D eigenvalue weighted by atomic mass is 32.2. The predicted octanol–water partition coefficient (Wildman–Crippen LogP) is 3.20. The molecule has 1 aromatic carbocycles. The van der Waals surface area contributed by atoms with Crippen LogP contribution < -0.4 is 5.32 Å². The molecule has 0 aliphatic rings. The molecule has 8 nitrogen and oxygen atoms in total. The number of hydrogen-bond donors (Lipinski definition) is 1. The highest BCUT2D eigenvalue weighted by molar-refractivity contribution is 8.00. The van der Waals surface area contributed by atoms with Crippen molar-refractivity contribution in [2.75, 3.05) is 18.2 Å². The summed E-state index contributed by atoms with van der Waals surface area (Å²) in [4.78, 5) is 38.4. The molecule has 1 amide bonds. The van der Waals surface area contributed by atoms with Gasteiger partial charge in [0.15, 0.2) is 10.0 Å². The van der Waals surface area contributed by atoms with Gasteiger partial charge >= 0.3 is 5.97 Å². The number of benzene rings is 1. The Labute approximate surface area is 145 Å². The van der Waals surface area contributed by atoms with Crippen LogP contribution in [0, 0.1) is 10.1 Å². The number of carbonyl (C=O) groups excluding carboxylic acids is 2. The van der Waals surface area contributed by atoms with Crippen LogP contribution in [0.3, 0.4) is 0 Å². The first-order chi connectivity index (χ1) is 11.5. The van der Waals surface area contributed by atoms with Gasteiger partial charge in [0.05, 0.1) is 11.5 Å². The van der Waals surface area contributed by atoms with E-state index in [0.717, 1.165) is 11.3 Å². The highest BCUT2D eigenvalue weighted by Gasteiger charge is 2.21. The molecule has 1 N–H and O–H groups in total. The molecule has 24 heavy (non-hydrogen) atoms. The normalized spacial score (nSPS) is 10.2. The number of non-ortho nitro benzene ring substituents is 1. The van der Waals surface area contributed by atoms with Crippen LogP contribution in [0.5, 0.6) is 0 Å². The zero-order valence-corrected chi connectivity index (χ0v) is 14.4. The molecule has 0 saturated carbocycles. The Morgan fingerprint density at radius 2 is 2.04 bits per heavy atom. The third kappa shape index (κ3) is 4.09. The van der Waals surface area contributed by atoms with Crippen LogP contribution in [0.4, 0.5) is 10.7 Å². The average Bonchev–Trinajstić information content (AvgIpc) is 2.98. The molecular weight excluding hydrogens is 354 g/mol. The Morgan fingerprint density at radius 1 is 1.38 bits per heavy atom. The number of esters is 1. The monoisotopic (exact) mass is 367 g/mol. The Balaban J connectivity index is 2.23. The Kier molecular flexibility index (Phi) is 5.88. The number of thiazole rings is 1. The maximum atomic E-state index is 12.3. The van der Waals surface area contributed by atoms with Gasteiger partial charge in [0.2, 0.25) is 0 Å². The Bertz CT molecular complexity index is 773. The topological polar surface area (TPSA) is 111 Å². The Morgan fingerprint density at radius 3 is 2.58 bits per heavy atom. The van der Waals surface area contributed by atoms with Crippen LogP contribution >= 0.6 is 23.1 Å². The van der Waals surface area contributed by atoms with Gasteiger partial charge in [-0.05, 0) is 25.3 Å². The fraction of sp³-hybridized carbons (Fsp3) is 0.214.